The summed E-state index contributed by atoms with van der Waals surface area (Å²) < 4.78 is 5.80. The third-order valence-corrected chi connectivity index (χ3v) is 2.60. The monoisotopic (exact) mass is 220 g/mol. The van der Waals surface area contributed by atoms with Crippen LogP contribution in [0.3, 0.4) is 0 Å². The van der Waals surface area contributed by atoms with Crippen molar-refractivity contribution in [1.29, 1.82) is 0 Å². The summed E-state index contributed by atoms with van der Waals surface area (Å²) >= 11 is 0. The van der Waals surface area contributed by atoms with Crippen LogP contribution in [0.15, 0.2) is 18.2 Å². The van der Waals surface area contributed by atoms with Crippen LogP contribution in [0.1, 0.15) is 25.0 Å². The molecule has 1 heterocycles. The number of carbonyl (C=O) groups is 1. The van der Waals surface area contributed by atoms with E-state index in [1.165, 1.54) is 0 Å². The first kappa shape index (κ1) is 10.8. The quantitative estimate of drug-likeness (QED) is 0.803. The van der Waals surface area contributed by atoms with E-state index in [1.54, 1.807) is 0 Å². The lowest BCUT2D eigenvalue weighted by Gasteiger charge is -2.18. The van der Waals surface area contributed by atoms with Gasteiger partial charge in [-0.1, -0.05) is 18.2 Å². The Morgan fingerprint density at radius 3 is 3.00 bits per heavy atom. The average Bonchev–Trinajstić information content (AvgIpc) is 2.48. The standard InChI is InChI=1S/C12H15NO3/c1-12(2)6-8-4-3-5-9(10(8)16-12)7-13-11(14)15/h3-5,13H,6-7H2,1-2H3,(H,14,15)/p-1. The van der Waals surface area contributed by atoms with Crippen LogP contribution in [-0.4, -0.2) is 11.7 Å². The Hall–Kier alpha value is -1.71. The maximum atomic E-state index is 10.3. The lowest BCUT2D eigenvalue weighted by molar-refractivity contribution is -0.251. The molecule has 1 aromatic carbocycles. The zero-order valence-corrected chi connectivity index (χ0v) is 9.37. The van der Waals surface area contributed by atoms with Crippen molar-refractivity contribution in [2.45, 2.75) is 32.4 Å². The van der Waals surface area contributed by atoms with Crippen molar-refractivity contribution in [3.05, 3.63) is 29.3 Å². The van der Waals surface area contributed by atoms with Crippen molar-refractivity contribution in [1.82, 2.24) is 5.32 Å². The van der Waals surface area contributed by atoms with Crippen LogP contribution in [0.25, 0.3) is 0 Å². The summed E-state index contributed by atoms with van der Waals surface area (Å²) in [6.45, 7) is 4.26. The molecule has 16 heavy (non-hydrogen) atoms. The second-order valence-corrected chi connectivity index (χ2v) is 4.58. The largest absolute Gasteiger partial charge is 0.530 e. The predicted octanol–water partition coefficient (Wildman–Crippen LogP) is 0.833. The Morgan fingerprint density at radius 2 is 2.31 bits per heavy atom. The molecule has 2 rings (SSSR count). The highest BCUT2D eigenvalue weighted by atomic mass is 16.5. The number of rotatable bonds is 2. The molecule has 1 aromatic rings. The molecule has 0 radical (unpaired) electrons. The highest BCUT2D eigenvalue weighted by Gasteiger charge is 2.31. The Bertz CT molecular complexity index is 426. The normalized spacial score (nSPS) is 16.4. The Balaban J connectivity index is 2.23. The van der Waals surface area contributed by atoms with E-state index in [0.717, 1.165) is 23.3 Å². The molecule has 0 aliphatic carbocycles. The van der Waals surface area contributed by atoms with E-state index in [0.29, 0.717) is 0 Å². The number of carbonyl (C=O) groups excluding carboxylic acids is 1. The Morgan fingerprint density at radius 1 is 1.56 bits per heavy atom. The minimum absolute atomic E-state index is 0.208. The smallest absolute Gasteiger partial charge is 0.134 e. The van der Waals surface area contributed by atoms with Gasteiger partial charge in [-0.05, 0) is 19.4 Å². The molecule has 0 fully saturated rings. The number of ether oxygens (including phenoxy) is 1. The number of para-hydroxylation sites is 1. The van der Waals surface area contributed by atoms with Gasteiger partial charge in [0.05, 0.1) is 0 Å². The van der Waals surface area contributed by atoms with Crippen molar-refractivity contribution < 1.29 is 14.6 Å². The summed E-state index contributed by atoms with van der Waals surface area (Å²) in [7, 11) is 0. The minimum atomic E-state index is -1.27. The van der Waals surface area contributed by atoms with Gasteiger partial charge in [-0.25, -0.2) is 0 Å². The van der Waals surface area contributed by atoms with E-state index in [1.807, 2.05) is 32.0 Å². The number of carboxylic acid groups (broad SMARTS) is 1. The molecule has 4 heteroatoms. The van der Waals surface area contributed by atoms with Crippen molar-refractivity contribution in [3.63, 3.8) is 0 Å². The summed E-state index contributed by atoms with van der Waals surface area (Å²) in [5, 5.41) is 12.6. The molecule has 1 aliphatic rings. The van der Waals surface area contributed by atoms with Crippen LogP contribution in [0.5, 0.6) is 5.75 Å². The van der Waals surface area contributed by atoms with Gasteiger partial charge >= 0.3 is 0 Å². The molecule has 1 amide bonds. The Kier molecular flexibility index (Phi) is 2.50. The minimum Gasteiger partial charge on any atom is -0.530 e. The third kappa shape index (κ3) is 2.10. The zero-order valence-electron chi connectivity index (χ0n) is 9.37. The van der Waals surface area contributed by atoms with Crippen LogP contribution in [-0.2, 0) is 13.0 Å². The highest BCUT2D eigenvalue weighted by Crippen LogP contribution is 2.37. The molecule has 0 atom stereocenters. The summed E-state index contributed by atoms with van der Waals surface area (Å²) in [6, 6.07) is 5.78. The topological polar surface area (TPSA) is 61.4 Å². The first-order valence-electron chi connectivity index (χ1n) is 5.22. The summed E-state index contributed by atoms with van der Waals surface area (Å²) in [5.74, 6) is 0.807. The highest BCUT2D eigenvalue weighted by molar-refractivity contribution is 5.62. The lowest BCUT2D eigenvalue weighted by atomic mass is 10.0. The number of amides is 1. The zero-order chi connectivity index (χ0) is 11.8. The second-order valence-electron chi connectivity index (χ2n) is 4.58. The fourth-order valence-corrected chi connectivity index (χ4v) is 1.99. The van der Waals surface area contributed by atoms with E-state index in [-0.39, 0.29) is 12.1 Å². The van der Waals surface area contributed by atoms with Crippen molar-refractivity contribution in [3.8, 4) is 5.75 Å². The van der Waals surface area contributed by atoms with E-state index >= 15 is 0 Å². The molecule has 1 aliphatic heterocycles. The number of fused-ring (bicyclic) bond motifs is 1. The molecule has 0 saturated heterocycles. The lowest BCUT2D eigenvalue weighted by Crippen LogP contribution is -2.36. The van der Waals surface area contributed by atoms with E-state index in [4.69, 9.17) is 4.74 Å². The molecular weight excluding hydrogens is 206 g/mol. The number of hydrogen-bond donors (Lipinski definition) is 1. The maximum Gasteiger partial charge on any atom is 0.134 e. The van der Waals surface area contributed by atoms with Gasteiger partial charge in [0, 0.05) is 18.5 Å². The number of nitrogens with one attached hydrogen (secondary N) is 1. The molecule has 86 valence electrons. The number of hydrogen-bond acceptors (Lipinski definition) is 3. The van der Waals surface area contributed by atoms with Crippen molar-refractivity contribution in [2.75, 3.05) is 0 Å². The average molecular weight is 220 g/mol. The summed E-state index contributed by atoms with van der Waals surface area (Å²) in [5.41, 5.74) is 1.77. The molecule has 0 spiro atoms. The number of benzene rings is 1. The third-order valence-electron chi connectivity index (χ3n) is 2.60. The van der Waals surface area contributed by atoms with Gasteiger partial charge in [0.25, 0.3) is 0 Å². The Labute approximate surface area is 94.2 Å². The SMILES string of the molecule is CC1(C)Cc2cccc(CNC(=O)[O-])c2O1. The molecule has 0 bridgehead atoms. The maximum absolute atomic E-state index is 10.3. The molecule has 0 aromatic heterocycles. The van der Waals surface area contributed by atoms with Gasteiger partial charge in [-0.15, -0.1) is 0 Å². The van der Waals surface area contributed by atoms with Crippen LogP contribution < -0.4 is 15.2 Å². The predicted molar refractivity (Wildman–Crippen MR) is 57.1 cm³/mol. The molecule has 0 saturated carbocycles. The van der Waals surface area contributed by atoms with Crippen molar-refractivity contribution >= 4 is 6.09 Å². The first-order chi connectivity index (χ1) is 7.48. The fraction of sp³-hybridized carbons (Fsp3) is 0.417. The fourth-order valence-electron chi connectivity index (χ4n) is 1.99. The van der Waals surface area contributed by atoms with Crippen LogP contribution >= 0.6 is 0 Å². The molecule has 1 N–H and O–H groups in total. The van der Waals surface area contributed by atoms with Gasteiger partial charge in [-0.3, -0.25) is 0 Å². The van der Waals surface area contributed by atoms with Gasteiger partial charge in [0.15, 0.2) is 0 Å². The van der Waals surface area contributed by atoms with E-state index < -0.39 is 6.09 Å². The van der Waals surface area contributed by atoms with E-state index in [2.05, 4.69) is 5.32 Å². The second kappa shape index (κ2) is 3.70. The summed E-state index contributed by atoms with van der Waals surface area (Å²) in [6.07, 6.45) is -0.420. The molecule has 4 nitrogen and oxygen atoms in total. The van der Waals surface area contributed by atoms with Crippen LogP contribution in [0.2, 0.25) is 0 Å². The van der Waals surface area contributed by atoms with Crippen LogP contribution in [0.4, 0.5) is 4.79 Å². The first-order valence-corrected chi connectivity index (χ1v) is 5.22. The van der Waals surface area contributed by atoms with E-state index in [9.17, 15) is 9.90 Å². The van der Waals surface area contributed by atoms with Gasteiger partial charge in [0.1, 0.15) is 17.4 Å². The van der Waals surface area contributed by atoms with Gasteiger partial charge < -0.3 is 20.0 Å². The van der Waals surface area contributed by atoms with Gasteiger partial charge in [0.2, 0.25) is 0 Å². The van der Waals surface area contributed by atoms with Gasteiger partial charge in [-0.2, -0.15) is 0 Å². The summed E-state index contributed by atoms with van der Waals surface area (Å²) in [4.78, 5) is 10.3. The molecule has 0 unspecified atom stereocenters. The molecular formula is C12H14NO3-. The van der Waals surface area contributed by atoms with Crippen LogP contribution in [0, 0.1) is 0 Å². The van der Waals surface area contributed by atoms with Crippen molar-refractivity contribution in [2.24, 2.45) is 0 Å².